The molecule has 1 aromatic heterocycles. The van der Waals surface area contributed by atoms with Gasteiger partial charge < -0.3 is 11.1 Å². The largest absolute Gasteiger partial charge is 0.397 e. The van der Waals surface area contributed by atoms with Crippen molar-refractivity contribution in [2.75, 3.05) is 18.5 Å². The van der Waals surface area contributed by atoms with Crippen LogP contribution in [0.3, 0.4) is 0 Å². The second-order valence-corrected chi connectivity index (χ2v) is 7.15. The highest BCUT2D eigenvalue weighted by Crippen LogP contribution is 2.15. The van der Waals surface area contributed by atoms with Gasteiger partial charge in [0.1, 0.15) is 5.15 Å². The summed E-state index contributed by atoms with van der Waals surface area (Å²) in [5.41, 5.74) is 5.16. The molecule has 0 saturated heterocycles. The number of hydrogen-bond donors (Lipinski definition) is 3. The van der Waals surface area contributed by atoms with Crippen molar-refractivity contribution in [1.82, 2.24) is 15.0 Å². The Kier molecular flexibility index (Phi) is 4.95. The molecule has 4 N–H and O–H groups in total. The average molecular weight is 321 g/mol. The van der Waals surface area contributed by atoms with Gasteiger partial charge in [-0.15, -0.1) is 0 Å². The van der Waals surface area contributed by atoms with Crippen LogP contribution in [0.4, 0.5) is 5.69 Å². The number of halogens is 1. The fraction of sp³-hybridized carbons (Fsp3) is 0.455. The number of sulfonamides is 1. The van der Waals surface area contributed by atoms with Crippen molar-refractivity contribution in [3.05, 3.63) is 23.0 Å². The molecule has 1 heterocycles. The molecule has 0 aliphatic rings. The Balaban J connectivity index is 2.75. The summed E-state index contributed by atoms with van der Waals surface area (Å²) in [5.74, 6) is -0.474. The summed E-state index contributed by atoms with van der Waals surface area (Å²) in [5, 5.41) is 2.62. The molecule has 0 unspecified atom stereocenters. The van der Waals surface area contributed by atoms with Crippen molar-refractivity contribution in [2.45, 2.75) is 19.4 Å². The summed E-state index contributed by atoms with van der Waals surface area (Å²) in [7, 11) is -3.37. The molecular formula is C11H17ClN4O3S. The third kappa shape index (κ3) is 5.32. The van der Waals surface area contributed by atoms with Gasteiger partial charge in [0.2, 0.25) is 10.0 Å². The number of nitrogen functional groups attached to an aromatic ring is 1. The van der Waals surface area contributed by atoms with Crippen LogP contribution in [0.15, 0.2) is 12.3 Å². The van der Waals surface area contributed by atoms with Crippen LogP contribution in [0, 0.1) is 0 Å². The van der Waals surface area contributed by atoms with E-state index in [9.17, 15) is 13.2 Å². The molecular weight excluding hydrogens is 304 g/mol. The number of carbonyl (C=O) groups excluding carboxylic acids is 1. The first kappa shape index (κ1) is 16.7. The zero-order valence-corrected chi connectivity index (χ0v) is 13.0. The van der Waals surface area contributed by atoms with Gasteiger partial charge in [0.25, 0.3) is 5.91 Å². The summed E-state index contributed by atoms with van der Waals surface area (Å²) >= 11 is 5.81. The van der Waals surface area contributed by atoms with E-state index in [1.807, 2.05) is 0 Å². The van der Waals surface area contributed by atoms with E-state index in [1.165, 1.54) is 12.3 Å². The highest BCUT2D eigenvalue weighted by Gasteiger charge is 2.23. The summed E-state index contributed by atoms with van der Waals surface area (Å²) in [6.07, 6.45) is 2.39. The SMILES string of the molecule is CC(C)(CNC(=O)c1cc(N)cnc1Cl)NS(C)(=O)=O. The highest BCUT2D eigenvalue weighted by molar-refractivity contribution is 7.88. The summed E-state index contributed by atoms with van der Waals surface area (Å²) < 4.78 is 24.8. The summed E-state index contributed by atoms with van der Waals surface area (Å²) in [6, 6.07) is 1.40. The third-order valence-electron chi connectivity index (χ3n) is 2.26. The highest BCUT2D eigenvalue weighted by atomic mass is 35.5. The number of nitrogens with zero attached hydrogens (tertiary/aromatic N) is 1. The maximum Gasteiger partial charge on any atom is 0.254 e. The van der Waals surface area contributed by atoms with Crippen molar-refractivity contribution < 1.29 is 13.2 Å². The van der Waals surface area contributed by atoms with Crippen molar-refractivity contribution in [1.29, 1.82) is 0 Å². The molecule has 0 aromatic carbocycles. The predicted molar refractivity (Wildman–Crippen MR) is 78.1 cm³/mol. The second kappa shape index (κ2) is 5.94. The van der Waals surface area contributed by atoms with E-state index >= 15 is 0 Å². The number of nitrogens with one attached hydrogen (secondary N) is 2. The van der Waals surface area contributed by atoms with Crippen molar-refractivity contribution in [2.24, 2.45) is 0 Å². The maximum absolute atomic E-state index is 12.0. The lowest BCUT2D eigenvalue weighted by Crippen LogP contribution is -2.51. The smallest absolute Gasteiger partial charge is 0.254 e. The van der Waals surface area contributed by atoms with Crippen LogP contribution in [-0.2, 0) is 10.0 Å². The fourth-order valence-corrected chi connectivity index (χ4v) is 2.82. The normalized spacial score (nSPS) is 12.2. The van der Waals surface area contributed by atoms with E-state index in [0.29, 0.717) is 5.69 Å². The first-order chi connectivity index (χ1) is 9.00. The van der Waals surface area contributed by atoms with Crippen LogP contribution in [0.2, 0.25) is 5.15 Å². The third-order valence-corrected chi connectivity index (χ3v) is 3.48. The van der Waals surface area contributed by atoms with Gasteiger partial charge in [-0.2, -0.15) is 0 Å². The Morgan fingerprint density at radius 2 is 2.10 bits per heavy atom. The number of pyridine rings is 1. The van der Waals surface area contributed by atoms with Crippen LogP contribution in [-0.4, -0.2) is 37.6 Å². The molecule has 20 heavy (non-hydrogen) atoms. The maximum atomic E-state index is 12.0. The zero-order valence-electron chi connectivity index (χ0n) is 11.4. The van der Waals surface area contributed by atoms with E-state index < -0.39 is 21.5 Å². The standard InChI is InChI=1S/C11H17ClN4O3S/c1-11(2,16-20(3,18)19)6-15-10(17)8-4-7(13)5-14-9(8)12/h4-5,16H,6,13H2,1-3H3,(H,15,17). The molecule has 1 rings (SSSR count). The molecule has 0 fully saturated rings. The zero-order chi connectivity index (χ0) is 15.6. The molecule has 0 atom stereocenters. The quantitative estimate of drug-likeness (QED) is 0.678. The number of rotatable bonds is 5. The second-order valence-electron chi connectivity index (χ2n) is 5.05. The van der Waals surface area contributed by atoms with E-state index in [1.54, 1.807) is 13.8 Å². The molecule has 0 aliphatic carbocycles. The Morgan fingerprint density at radius 1 is 1.50 bits per heavy atom. The Hall–Kier alpha value is -1.38. The minimum absolute atomic E-state index is 0.0329. The van der Waals surface area contributed by atoms with Gasteiger partial charge in [0, 0.05) is 12.1 Å². The number of amides is 1. The fourth-order valence-electron chi connectivity index (χ4n) is 1.56. The number of aromatic nitrogens is 1. The van der Waals surface area contributed by atoms with Gasteiger partial charge in [-0.3, -0.25) is 4.79 Å². The topological polar surface area (TPSA) is 114 Å². The van der Waals surface area contributed by atoms with Gasteiger partial charge >= 0.3 is 0 Å². The molecule has 7 nitrogen and oxygen atoms in total. The minimum atomic E-state index is -3.37. The van der Waals surface area contributed by atoms with Crippen LogP contribution in [0.1, 0.15) is 24.2 Å². The number of hydrogen-bond acceptors (Lipinski definition) is 5. The van der Waals surface area contributed by atoms with Gasteiger partial charge in [0.15, 0.2) is 0 Å². The molecule has 0 radical (unpaired) electrons. The molecule has 1 amide bonds. The van der Waals surface area contributed by atoms with Gasteiger partial charge in [-0.05, 0) is 19.9 Å². The van der Waals surface area contributed by atoms with Crippen molar-refractivity contribution in [3.8, 4) is 0 Å². The van der Waals surface area contributed by atoms with Gasteiger partial charge in [-0.25, -0.2) is 18.1 Å². The first-order valence-corrected chi connectivity index (χ1v) is 7.95. The lowest BCUT2D eigenvalue weighted by atomic mass is 10.1. The monoisotopic (exact) mass is 320 g/mol. The van der Waals surface area contributed by atoms with E-state index in [-0.39, 0.29) is 17.3 Å². The van der Waals surface area contributed by atoms with E-state index in [4.69, 9.17) is 17.3 Å². The van der Waals surface area contributed by atoms with Crippen LogP contribution in [0.5, 0.6) is 0 Å². The molecule has 0 aliphatic heterocycles. The van der Waals surface area contributed by atoms with Crippen molar-refractivity contribution >= 4 is 33.2 Å². The van der Waals surface area contributed by atoms with E-state index in [0.717, 1.165) is 6.26 Å². The Labute approximate surface area is 123 Å². The van der Waals surface area contributed by atoms with Gasteiger partial charge in [-0.1, -0.05) is 11.6 Å². The summed E-state index contributed by atoms with van der Waals surface area (Å²) in [6.45, 7) is 3.38. The molecule has 0 bridgehead atoms. The lowest BCUT2D eigenvalue weighted by molar-refractivity contribution is 0.0944. The molecule has 0 spiro atoms. The number of carbonyl (C=O) groups is 1. The van der Waals surface area contributed by atoms with E-state index in [2.05, 4.69) is 15.0 Å². The number of anilines is 1. The molecule has 112 valence electrons. The van der Waals surface area contributed by atoms with Crippen LogP contribution in [0.25, 0.3) is 0 Å². The van der Waals surface area contributed by atoms with Crippen molar-refractivity contribution in [3.63, 3.8) is 0 Å². The average Bonchev–Trinajstić information content (AvgIpc) is 2.26. The molecule has 1 aromatic rings. The number of nitrogens with two attached hydrogens (primary N) is 1. The van der Waals surface area contributed by atoms with Crippen LogP contribution >= 0.6 is 11.6 Å². The Bertz CT molecular complexity index is 616. The first-order valence-electron chi connectivity index (χ1n) is 5.68. The van der Waals surface area contributed by atoms with Crippen LogP contribution < -0.4 is 15.8 Å². The minimum Gasteiger partial charge on any atom is -0.397 e. The molecule has 9 heteroatoms. The molecule has 0 saturated carbocycles. The lowest BCUT2D eigenvalue weighted by Gasteiger charge is -2.25. The Morgan fingerprint density at radius 3 is 2.65 bits per heavy atom. The predicted octanol–water partition coefficient (Wildman–Crippen LogP) is 0.375. The summed E-state index contributed by atoms with van der Waals surface area (Å²) in [4.78, 5) is 15.7. The van der Waals surface area contributed by atoms with Gasteiger partial charge in [0.05, 0.1) is 23.7 Å².